The normalized spacial score (nSPS) is 20.0. The van der Waals surface area contributed by atoms with E-state index < -0.39 is 54.1 Å². The molecule has 2 heterocycles. The molecule has 0 bridgehead atoms. The minimum Gasteiger partial charge on any atom is -0.508 e. The molecule has 6 N–H and O–H groups in total. The van der Waals surface area contributed by atoms with Crippen LogP contribution in [0.5, 0.6) is 34.5 Å². The fourth-order valence-corrected chi connectivity index (χ4v) is 4.38. The topological polar surface area (TPSA) is 206 Å². The van der Waals surface area contributed by atoms with Crippen LogP contribution in [0, 0.1) is 0 Å². The van der Waals surface area contributed by atoms with Crippen molar-refractivity contribution < 1.29 is 58.8 Å². The fourth-order valence-electron chi connectivity index (χ4n) is 4.38. The number of methoxy groups -OCH3 is 1. The number of hydrogen-bond acceptors (Lipinski definition) is 13. The summed E-state index contributed by atoms with van der Waals surface area (Å²) in [5, 5.41) is 61.1. The molecule has 5 rings (SSSR count). The highest BCUT2D eigenvalue weighted by Crippen LogP contribution is 2.38. The summed E-state index contributed by atoms with van der Waals surface area (Å²) < 4.78 is 27.0. The molecule has 13 heteroatoms. The molecule has 1 aliphatic heterocycles. The third kappa shape index (κ3) is 5.90. The predicted octanol–water partition coefficient (Wildman–Crippen LogP) is 2.37. The monoisotopic (exact) mass is 594 g/mol. The van der Waals surface area contributed by atoms with Gasteiger partial charge in [0.2, 0.25) is 17.5 Å². The van der Waals surface area contributed by atoms with Gasteiger partial charge in [0.05, 0.1) is 13.7 Å². The molecule has 13 nitrogen and oxygen atoms in total. The highest BCUT2D eigenvalue weighted by Gasteiger charge is 2.51. The first-order valence-corrected chi connectivity index (χ1v) is 12.7. The molecule has 1 aromatic heterocycles. The molecule has 224 valence electrons. The van der Waals surface area contributed by atoms with Crippen molar-refractivity contribution in [3.8, 4) is 45.8 Å². The number of aliphatic hydroxyl groups is 2. The Hall–Kier alpha value is -5.24. The highest BCUT2D eigenvalue weighted by molar-refractivity contribution is 5.88. The molecule has 3 aromatic carbocycles. The maximum Gasteiger partial charge on any atom is 0.330 e. The van der Waals surface area contributed by atoms with Gasteiger partial charge in [-0.25, -0.2) is 4.79 Å². The summed E-state index contributed by atoms with van der Waals surface area (Å²) in [6, 6.07) is 11.9. The molecule has 43 heavy (non-hydrogen) atoms. The van der Waals surface area contributed by atoms with Crippen molar-refractivity contribution in [3.63, 3.8) is 0 Å². The Morgan fingerprint density at radius 1 is 1.02 bits per heavy atom. The van der Waals surface area contributed by atoms with Crippen molar-refractivity contribution in [2.24, 2.45) is 0 Å². The van der Waals surface area contributed by atoms with Crippen LogP contribution in [0.15, 0.2) is 69.9 Å². The molecule has 3 unspecified atom stereocenters. The van der Waals surface area contributed by atoms with Crippen molar-refractivity contribution in [1.82, 2.24) is 0 Å². The fraction of sp³-hybridized carbons (Fsp3) is 0.200. The lowest BCUT2D eigenvalue weighted by Gasteiger charge is -2.25. The van der Waals surface area contributed by atoms with Crippen molar-refractivity contribution in [3.05, 3.63) is 76.5 Å². The minimum absolute atomic E-state index is 0.0727. The summed E-state index contributed by atoms with van der Waals surface area (Å²) in [7, 11) is 1.37. The zero-order chi connectivity index (χ0) is 30.9. The number of benzene rings is 3. The first-order valence-electron chi connectivity index (χ1n) is 12.7. The van der Waals surface area contributed by atoms with Gasteiger partial charge in [0.1, 0.15) is 34.8 Å². The molecular weight excluding hydrogens is 568 g/mol. The number of aliphatic hydroxyl groups excluding tert-OH is 1. The predicted molar refractivity (Wildman–Crippen MR) is 149 cm³/mol. The van der Waals surface area contributed by atoms with Crippen LogP contribution >= 0.6 is 0 Å². The van der Waals surface area contributed by atoms with E-state index in [9.17, 15) is 40.2 Å². The Bertz CT molecular complexity index is 1760. The van der Waals surface area contributed by atoms with Crippen molar-refractivity contribution >= 4 is 23.0 Å². The lowest BCUT2D eigenvalue weighted by molar-refractivity contribution is -0.153. The van der Waals surface area contributed by atoms with E-state index in [1.807, 2.05) is 0 Å². The highest BCUT2D eigenvalue weighted by atomic mass is 16.7. The molecule has 0 aliphatic carbocycles. The van der Waals surface area contributed by atoms with Crippen LogP contribution in [0.1, 0.15) is 5.56 Å². The standard InChI is InChI=1S/C30H26O13/c1-39-21-10-15(2-8-19(21)33)3-9-23(35)40-13-30(38)14-41-29(28(30)37)43-27-25(36)24-20(34)11-18(32)12-22(24)42-26(27)16-4-6-17(31)7-5-16/h2-12,28-29,31-34,37-38H,13-14H2,1H3. The van der Waals surface area contributed by atoms with Crippen LogP contribution in [0.3, 0.4) is 0 Å². The maximum absolute atomic E-state index is 13.5. The third-order valence-corrected chi connectivity index (χ3v) is 6.67. The lowest BCUT2D eigenvalue weighted by atomic mass is 10.0. The van der Waals surface area contributed by atoms with E-state index in [4.69, 9.17) is 23.4 Å². The van der Waals surface area contributed by atoms with Gasteiger partial charge in [-0.15, -0.1) is 0 Å². The number of hydrogen-bond donors (Lipinski definition) is 6. The Kier molecular flexibility index (Phi) is 7.87. The summed E-state index contributed by atoms with van der Waals surface area (Å²) >= 11 is 0. The van der Waals surface area contributed by atoms with Crippen molar-refractivity contribution in [2.45, 2.75) is 18.0 Å². The van der Waals surface area contributed by atoms with E-state index >= 15 is 0 Å². The van der Waals surface area contributed by atoms with Crippen LogP contribution in [0.4, 0.5) is 0 Å². The average Bonchev–Trinajstić information content (AvgIpc) is 3.25. The number of fused-ring (bicyclic) bond motifs is 1. The Morgan fingerprint density at radius 2 is 1.77 bits per heavy atom. The number of phenolic OH excluding ortho intramolecular Hbond substituents is 4. The van der Waals surface area contributed by atoms with E-state index in [1.165, 1.54) is 55.7 Å². The van der Waals surface area contributed by atoms with Gasteiger partial charge >= 0.3 is 5.97 Å². The van der Waals surface area contributed by atoms with Crippen LogP contribution in [0.2, 0.25) is 0 Å². The summed E-state index contributed by atoms with van der Waals surface area (Å²) in [6.45, 7) is -1.25. The largest absolute Gasteiger partial charge is 0.508 e. The van der Waals surface area contributed by atoms with E-state index in [2.05, 4.69) is 0 Å². The zero-order valence-electron chi connectivity index (χ0n) is 22.5. The summed E-state index contributed by atoms with van der Waals surface area (Å²) in [4.78, 5) is 25.8. The molecule has 0 saturated carbocycles. The summed E-state index contributed by atoms with van der Waals surface area (Å²) in [5.41, 5.74) is -2.41. The molecule has 0 spiro atoms. The molecule has 3 atom stereocenters. The van der Waals surface area contributed by atoms with Crippen molar-refractivity contribution in [2.75, 3.05) is 20.3 Å². The number of carbonyl (C=O) groups excluding carboxylic acids is 1. The van der Waals surface area contributed by atoms with Crippen LogP contribution < -0.4 is 14.9 Å². The summed E-state index contributed by atoms with van der Waals surface area (Å²) in [5.74, 6) is -2.47. The van der Waals surface area contributed by atoms with Crippen LogP contribution in [0.25, 0.3) is 28.4 Å². The van der Waals surface area contributed by atoms with E-state index in [1.54, 1.807) is 0 Å². The molecule has 1 saturated heterocycles. The molecule has 1 fully saturated rings. The maximum atomic E-state index is 13.5. The van der Waals surface area contributed by atoms with E-state index in [-0.39, 0.29) is 45.3 Å². The average molecular weight is 595 g/mol. The second kappa shape index (κ2) is 11.6. The van der Waals surface area contributed by atoms with Gasteiger partial charge in [0.15, 0.2) is 29.0 Å². The van der Waals surface area contributed by atoms with Gasteiger partial charge in [-0.05, 0) is 48.0 Å². The quantitative estimate of drug-likeness (QED) is 0.128. The minimum atomic E-state index is -2.13. The first-order chi connectivity index (χ1) is 20.5. The molecule has 0 amide bonds. The second-order valence-electron chi connectivity index (χ2n) is 9.69. The van der Waals surface area contributed by atoms with E-state index in [0.717, 1.165) is 18.2 Å². The number of aromatic hydroxyl groups is 4. The van der Waals surface area contributed by atoms with Gasteiger partial charge in [0, 0.05) is 23.8 Å². The Labute approximate surface area is 242 Å². The third-order valence-electron chi connectivity index (χ3n) is 6.67. The first kappa shape index (κ1) is 29.3. The number of esters is 1. The van der Waals surface area contributed by atoms with E-state index in [0.29, 0.717) is 5.56 Å². The zero-order valence-corrected chi connectivity index (χ0v) is 22.5. The van der Waals surface area contributed by atoms with Gasteiger partial charge in [0.25, 0.3) is 0 Å². The summed E-state index contributed by atoms with van der Waals surface area (Å²) in [6.07, 6.45) is -0.998. The number of phenols is 4. The number of ether oxygens (including phenoxy) is 4. The number of carbonyl (C=O) groups is 1. The van der Waals surface area contributed by atoms with Gasteiger partial charge in [-0.2, -0.15) is 0 Å². The number of rotatable bonds is 8. The second-order valence-corrected chi connectivity index (χ2v) is 9.69. The van der Waals surface area contributed by atoms with Gasteiger partial charge in [-0.3, -0.25) is 4.79 Å². The van der Waals surface area contributed by atoms with Gasteiger partial charge in [-0.1, -0.05) is 6.07 Å². The molecule has 1 aliphatic rings. The van der Waals surface area contributed by atoms with Gasteiger partial charge < -0.3 is 54.0 Å². The van der Waals surface area contributed by atoms with Crippen LogP contribution in [-0.2, 0) is 14.3 Å². The smallest absolute Gasteiger partial charge is 0.330 e. The molecule has 4 aromatic rings. The molecule has 0 radical (unpaired) electrons. The molecular formula is C30H26O13. The SMILES string of the molecule is COc1cc(C=CC(=O)OCC2(O)COC(Oc3c(-c4ccc(O)cc4)oc4cc(O)cc(O)c4c3=O)C2O)ccc1O. The van der Waals surface area contributed by atoms with Crippen LogP contribution in [-0.4, -0.2) is 74.9 Å². The lowest BCUT2D eigenvalue weighted by Crippen LogP contribution is -2.49. The Balaban J connectivity index is 1.36. The Morgan fingerprint density at radius 3 is 2.49 bits per heavy atom. The van der Waals surface area contributed by atoms with Crippen molar-refractivity contribution in [1.29, 1.82) is 0 Å².